The first-order chi connectivity index (χ1) is 12.2. The van der Waals surface area contributed by atoms with Gasteiger partial charge in [0, 0.05) is 30.1 Å². The second-order valence-corrected chi connectivity index (χ2v) is 5.86. The predicted molar refractivity (Wildman–Crippen MR) is 100 cm³/mol. The number of carbonyl (C=O) groups is 2. The van der Waals surface area contributed by atoms with Crippen LogP contribution in [-0.4, -0.2) is 29.6 Å². The molecule has 0 radical (unpaired) electrons. The molecule has 142 valence electrons. The van der Waals surface area contributed by atoms with Crippen LogP contribution < -0.4 is 22.4 Å². The van der Waals surface area contributed by atoms with Crippen LogP contribution in [0.5, 0.6) is 0 Å². The van der Waals surface area contributed by atoms with Gasteiger partial charge in [-0.3, -0.25) is 9.59 Å². The topological polar surface area (TPSA) is 149 Å². The van der Waals surface area contributed by atoms with Gasteiger partial charge in [-0.25, -0.2) is 4.79 Å². The minimum Gasteiger partial charge on any atom is -0.481 e. The summed E-state index contributed by atoms with van der Waals surface area (Å²) in [6.07, 6.45) is 2.25. The average Bonchev–Trinajstić information content (AvgIpc) is 2.53. The van der Waals surface area contributed by atoms with Crippen molar-refractivity contribution in [3.63, 3.8) is 0 Å². The summed E-state index contributed by atoms with van der Waals surface area (Å²) in [7, 11) is 0. The van der Waals surface area contributed by atoms with E-state index < -0.39 is 17.6 Å². The molecule has 6 N–H and O–H groups in total. The van der Waals surface area contributed by atoms with Crippen molar-refractivity contribution in [2.45, 2.75) is 39.2 Å². The fraction of sp³-hybridized carbons (Fsp3) is 0.389. The standard InChI is InChI=1S/C16H21N3O3.C2H4O2/c1-10-8-15(20)22-14-9-11(5-6-12(10)14)19-16(21)13(18)4-2-3-7-17;1-2(3)4/h5-6,8-9,13H,2-4,7,17-18H2,1H3,(H,19,21);1H3,(H,3,4)/t13-;/m0./s1. The molecule has 0 spiro atoms. The Morgan fingerprint density at radius 3 is 2.54 bits per heavy atom. The van der Waals surface area contributed by atoms with Crippen LogP contribution in [0.25, 0.3) is 11.0 Å². The Balaban J connectivity index is 0.000000765. The number of unbranched alkanes of at least 4 members (excludes halogenated alkanes) is 1. The number of benzene rings is 1. The van der Waals surface area contributed by atoms with E-state index in [1.54, 1.807) is 12.1 Å². The van der Waals surface area contributed by atoms with Gasteiger partial charge in [0.15, 0.2) is 0 Å². The lowest BCUT2D eigenvalue weighted by atomic mass is 10.1. The van der Waals surface area contributed by atoms with Gasteiger partial charge in [-0.1, -0.05) is 6.42 Å². The Bertz CT molecular complexity index is 812. The van der Waals surface area contributed by atoms with Crippen molar-refractivity contribution in [1.29, 1.82) is 0 Å². The SMILES string of the molecule is CC(=O)O.Cc1cc(=O)oc2cc(NC(=O)[C@@H](N)CCCCN)ccc12. The van der Waals surface area contributed by atoms with Crippen LogP contribution in [0.2, 0.25) is 0 Å². The van der Waals surface area contributed by atoms with E-state index in [1.165, 1.54) is 6.07 Å². The minimum absolute atomic E-state index is 0.258. The maximum absolute atomic E-state index is 12.0. The van der Waals surface area contributed by atoms with Crippen LogP contribution in [0.15, 0.2) is 33.5 Å². The zero-order chi connectivity index (χ0) is 19.7. The van der Waals surface area contributed by atoms with Crippen LogP contribution in [-0.2, 0) is 9.59 Å². The lowest BCUT2D eigenvalue weighted by Crippen LogP contribution is -2.35. The number of carboxylic acid groups (broad SMARTS) is 1. The highest BCUT2D eigenvalue weighted by Gasteiger charge is 2.13. The molecule has 0 bridgehead atoms. The summed E-state index contributed by atoms with van der Waals surface area (Å²) in [5.74, 6) is -1.09. The molecule has 0 unspecified atom stereocenters. The number of nitrogens with two attached hydrogens (primary N) is 2. The molecule has 1 amide bonds. The summed E-state index contributed by atoms with van der Waals surface area (Å²) in [5.41, 5.74) is 12.7. The van der Waals surface area contributed by atoms with E-state index in [9.17, 15) is 9.59 Å². The summed E-state index contributed by atoms with van der Waals surface area (Å²) in [4.78, 5) is 32.4. The summed E-state index contributed by atoms with van der Waals surface area (Å²) >= 11 is 0. The van der Waals surface area contributed by atoms with Crippen LogP contribution in [0, 0.1) is 6.92 Å². The summed E-state index contributed by atoms with van der Waals surface area (Å²) in [5, 5.41) is 11.0. The van der Waals surface area contributed by atoms with E-state index >= 15 is 0 Å². The zero-order valence-corrected chi connectivity index (χ0v) is 15.0. The van der Waals surface area contributed by atoms with Gasteiger partial charge in [0.25, 0.3) is 5.97 Å². The molecule has 2 rings (SSSR count). The van der Waals surface area contributed by atoms with Gasteiger partial charge in [-0.2, -0.15) is 0 Å². The molecular weight excluding hydrogens is 338 g/mol. The third kappa shape index (κ3) is 7.04. The molecule has 0 fully saturated rings. The summed E-state index contributed by atoms with van der Waals surface area (Å²) < 4.78 is 5.15. The van der Waals surface area contributed by atoms with Crippen molar-refractivity contribution in [2.24, 2.45) is 11.5 Å². The Hall–Kier alpha value is -2.71. The molecule has 2 aromatic rings. The van der Waals surface area contributed by atoms with E-state index in [-0.39, 0.29) is 5.91 Å². The Morgan fingerprint density at radius 2 is 1.92 bits per heavy atom. The van der Waals surface area contributed by atoms with Gasteiger partial charge >= 0.3 is 5.63 Å². The third-order valence-corrected chi connectivity index (χ3v) is 3.52. The van der Waals surface area contributed by atoms with E-state index in [0.29, 0.717) is 24.2 Å². The van der Waals surface area contributed by atoms with Crippen LogP contribution >= 0.6 is 0 Å². The van der Waals surface area contributed by atoms with Crippen molar-refractivity contribution < 1.29 is 19.1 Å². The fourth-order valence-electron chi connectivity index (χ4n) is 2.28. The molecule has 8 heteroatoms. The molecule has 0 aliphatic carbocycles. The number of carboxylic acids is 1. The van der Waals surface area contributed by atoms with Crippen LogP contribution in [0.4, 0.5) is 5.69 Å². The molecule has 0 saturated heterocycles. The Labute approximate surface area is 151 Å². The quantitative estimate of drug-likeness (QED) is 0.450. The number of hydrogen-bond acceptors (Lipinski definition) is 6. The second-order valence-electron chi connectivity index (χ2n) is 5.86. The average molecular weight is 363 g/mol. The maximum atomic E-state index is 12.0. The minimum atomic E-state index is -0.833. The number of aryl methyl sites for hydroxylation is 1. The first kappa shape index (κ1) is 21.3. The predicted octanol–water partition coefficient (Wildman–Crippen LogP) is 1.59. The van der Waals surface area contributed by atoms with Crippen molar-refractivity contribution in [3.05, 3.63) is 40.2 Å². The number of aliphatic carboxylic acids is 1. The van der Waals surface area contributed by atoms with Crippen LogP contribution in [0.3, 0.4) is 0 Å². The molecule has 1 aromatic heterocycles. The molecule has 0 aliphatic heterocycles. The molecule has 1 heterocycles. The molecule has 0 saturated carbocycles. The summed E-state index contributed by atoms with van der Waals surface area (Å²) in [6, 6.07) is 6.07. The van der Waals surface area contributed by atoms with E-state index in [4.69, 9.17) is 25.8 Å². The molecule has 1 atom stereocenters. The monoisotopic (exact) mass is 363 g/mol. The highest BCUT2D eigenvalue weighted by molar-refractivity contribution is 5.96. The van der Waals surface area contributed by atoms with Crippen molar-refractivity contribution >= 4 is 28.5 Å². The number of nitrogens with one attached hydrogen (secondary N) is 1. The molecule has 26 heavy (non-hydrogen) atoms. The molecule has 1 aromatic carbocycles. The molecule has 0 aliphatic rings. The lowest BCUT2D eigenvalue weighted by Gasteiger charge is -2.12. The zero-order valence-electron chi connectivity index (χ0n) is 15.0. The smallest absolute Gasteiger partial charge is 0.336 e. The number of anilines is 1. The first-order valence-corrected chi connectivity index (χ1v) is 8.25. The largest absolute Gasteiger partial charge is 0.481 e. The molecular formula is C18H25N3O5. The Kier molecular flexibility index (Phi) is 8.47. The third-order valence-electron chi connectivity index (χ3n) is 3.52. The van der Waals surface area contributed by atoms with Crippen molar-refractivity contribution in [1.82, 2.24) is 0 Å². The fourth-order valence-corrected chi connectivity index (χ4v) is 2.28. The number of hydrogen-bond donors (Lipinski definition) is 4. The highest BCUT2D eigenvalue weighted by Crippen LogP contribution is 2.20. The van der Waals surface area contributed by atoms with E-state index in [1.807, 2.05) is 13.0 Å². The van der Waals surface area contributed by atoms with Gasteiger partial charge in [0.05, 0.1) is 6.04 Å². The van der Waals surface area contributed by atoms with Gasteiger partial charge in [-0.05, 0) is 44.0 Å². The number of fused-ring (bicyclic) bond motifs is 1. The van der Waals surface area contributed by atoms with Gasteiger partial charge in [-0.15, -0.1) is 0 Å². The van der Waals surface area contributed by atoms with Crippen molar-refractivity contribution in [2.75, 3.05) is 11.9 Å². The number of rotatable bonds is 6. The van der Waals surface area contributed by atoms with Gasteiger partial charge in [0.1, 0.15) is 5.58 Å². The van der Waals surface area contributed by atoms with Gasteiger partial charge in [0.2, 0.25) is 5.91 Å². The van der Waals surface area contributed by atoms with Crippen molar-refractivity contribution in [3.8, 4) is 0 Å². The molecule has 8 nitrogen and oxygen atoms in total. The normalized spacial score (nSPS) is 11.4. The van der Waals surface area contributed by atoms with E-state index in [2.05, 4.69) is 5.32 Å². The Morgan fingerprint density at radius 1 is 1.27 bits per heavy atom. The number of carbonyl (C=O) groups excluding carboxylic acids is 1. The highest BCUT2D eigenvalue weighted by atomic mass is 16.4. The maximum Gasteiger partial charge on any atom is 0.336 e. The second kappa shape index (κ2) is 10.3. The summed E-state index contributed by atoms with van der Waals surface area (Å²) in [6.45, 7) is 3.52. The lowest BCUT2D eigenvalue weighted by molar-refractivity contribution is -0.134. The van der Waals surface area contributed by atoms with Gasteiger partial charge < -0.3 is 26.3 Å². The van der Waals surface area contributed by atoms with Crippen LogP contribution in [0.1, 0.15) is 31.7 Å². The number of amides is 1. The van der Waals surface area contributed by atoms with E-state index in [0.717, 1.165) is 30.7 Å². The first-order valence-electron chi connectivity index (χ1n) is 8.25.